The van der Waals surface area contributed by atoms with Crippen LogP contribution < -0.4 is 0 Å². The van der Waals surface area contributed by atoms with Gasteiger partial charge in [0, 0.05) is 0 Å². The van der Waals surface area contributed by atoms with Crippen LogP contribution in [0.4, 0.5) is 0 Å². The Hall–Kier alpha value is 0.706. The molecule has 4 nitrogen and oxygen atoms in total. The molecule has 2 unspecified atom stereocenters. The van der Waals surface area contributed by atoms with Gasteiger partial charge >= 0.3 is 134 Å². The van der Waals surface area contributed by atoms with Gasteiger partial charge in [0.25, 0.3) is 0 Å². The molecule has 0 saturated carbocycles. The summed E-state index contributed by atoms with van der Waals surface area (Å²) in [4.78, 5) is 23.4. The first-order valence-corrected chi connectivity index (χ1v) is 24.3. The summed E-state index contributed by atoms with van der Waals surface area (Å²) in [5, 5.41) is 0. The predicted molar refractivity (Wildman–Crippen MR) is 80.3 cm³/mol. The Labute approximate surface area is 133 Å². The molecule has 0 aromatic heterocycles. The van der Waals surface area contributed by atoms with Crippen LogP contribution >= 0.6 is 0 Å². The van der Waals surface area contributed by atoms with Gasteiger partial charge in [-0.05, 0) is 0 Å². The van der Waals surface area contributed by atoms with E-state index in [1.54, 1.807) is 0 Å². The predicted octanol–water partition coefficient (Wildman–Crippen LogP) is 2.75. The summed E-state index contributed by atoms with van der Waals surface area (Å²) in [7, 11) is 2.92. The molecule has 0 aliphatic carbocycles. The van der Waals surface area contributed by atoms with Crippen molar-refractivity contribution in [1.82, 2.24) is 0 Å². The fourth-order valence-corrected chi connectivity index (χ4v) is 11.5. The van der Waals surface area contributed by atoms with Crippen molar-refractivity contribution in [1.29, 1.82) is 0 Å². The van der Waals surface area contributed by atoms with Crippen LogP contribution in [0.25, 0.3) is 0 Å². The Kier molecular flexibility index (Phi) is 10.8. The minimum absolute atomic E-state index is 0.0510. The molecule has 0 saturated heterocycles. The van der Waals surface area contributed by atoms with E-state index < -0.39 is 43.5 Å². The third-order valence-corrected chi connectivity index (χ3v) is 16.5. The van der Waals surface area contributed by atoms with E-state index in [0.717, 1.165) is 19.3 Å². The molecule has 0 N–H and O–H groups in total. The maximum absolute atomic E-state index is 11.7. The SMILES string of the molecule is COC(=O)[CH](CCC[CH](C(=O)OC)[Bi]([CH3])[CH3])[Bi]([CH3])[CH3]. The Balaban J connectivity index is 4.37. The summed E-state index contributed by atoms with van der Waals surface area (Å²) in [6, 6.07) is 0. The second-order valence-corrected chi connectivity index (χ2v) is 24.8. The van der Waals surface area contributed by atoms with E-state index in [4.69, 9.17) is 9.47 Å². The van der Waals surface area contributed by atoms with Crippen LogP contribution in [0.2, 0.25) is 25.8 Å². The van der Waals surface area contributed by atoms with Crippen molar-refractivity contribution in [3.05, 3.63) is 0 Å². The van der Waals surface area contributed by atoms with Gasteiger partial charge in [-0.25, -0.2) is 0 Å². The summed E-state index contributed by atoms with van der Waals surface area (Å²) in [6.45, 7) is 0. The number of rotatable bonds is 8. The summed E-state index contributed by atoms with van der Waals surface area (Å²) in [5.41, 5.74) is 0. The molecule has 0 spiro atoms. The molecule has 0 fully saturated rings. The summed E-state index contributed by atoms with van der Waals surface area (Å²) in [5.74, 6) is -0.102. The molecule has 0 aliphatic heterocycles. The second-order valence-electron chi connectivity index (χ2n) is 4.94. The molecule has 0 heterocycles. The molecule has 0 aromatic carbocycles. The standard InChI is InChI=1S/C9H14O4.4CH3.2Bi/c1-12-8(10)6-4-3-5-7-9(11)13-2;;;;;;/h6-7H,3-5H2,1-2H3;4*1H3;;. The maximum atomic E-state index is 11.7. The average Bonchev–Trinajstić information content (AvgIpc) is 2.36. The minimum atomic E-state index is -1.67. The van der Waals surface area contributed by atoms with Crippen LogP contribution in [0.1, 0.15) is 19.3 Å². The Morgan fingerprint density at radius 1 is 0.842 bits per heavy atom. The van der Waals surface area contributed by atoms with Crippen molar-refractivity contribution < 1.29 is 19.1 Å². The monoisotopic (exact) mass is 664 g/mol. The number of hydrogen-bond acceptors (Lipinski definition) is 4. The van der Waals surface area contributed by atoms with Crippen molar-refractivity contribution in [2.75, 3.05) is 14.2 Å². The quantitative estimate of drug-likeness (QED) is 0.296. The zero-order valence-electron chi connectivity index (χ0n) is 12.8. The van der Waals surface area contributed by atoms with E-state index in [-0.39, 0.29) is 19.2 Å². The molecule has 19 heavy (non-hydrogen) atoms. The molecule has 112 valence electrons. The zero-order chi connectivity index (χ0) is 15.0. The summed E-state index contributed by atoms with van der Waals surface area (Å²) in [6.07, 6.45) is 2.69. The first-order valence-electron chi connectivity index (χ1n) is 6.33. The van der Waals surface area contributed by atoms with Crippen LogP contribution in [0.5, 0.6) is 0 Å². The van der Waals surface area contributed by atoms with E-state index in [2.05, 4.69) is 18.5 Å². The van der Waals surface area contributed by atoms with Crippen LogP contribution in [-0.4, -0.2) is 69.7 Å². The number of ether oxygens (including phenoxy) is 2. The van der Waals surface area contributed by atoms with E-state index in [1.807, 2.05) is 0 Å². The molecule has 0 rings (SSSR count). The summed E-state index contributed by atoms with van der Waals surface area (Å²) < 4.78 is 19.0. The van der Waals surface area contributed by atoms with Gasteiger partial charge in [0.2, 0.25) is 0 Å². The molecule has 6 heteroatoms. The number of esters is 2. The Morgan fingerprint density at radius 3 is 1.37 bits per heavy atom. The Bertz CT molecular complexity index is 264. The van der Waals surface area contributed by atoms with Crippen molar-refractivity contribution in [3.63, 3.8) is 0 Å². The van der Waals surface area contributed by atoms with Crippen molar-refractivity contribution in [3.8, 4) is 0 Å². The van der Waals surface area contributed by atoms with Gasteiger partial charge < -0.3 is 0 Å². The Morgan fingerprint density at radius 2 is 1.16 bits per heavy atom. The third kappa shape index (κ3) is 7.32. The van der Waals surface area contributed by atoms with Crippen LogP contribution in [0, 0.1) is 0 Å². The summed E-state index contributed by atoms with van der Waals surface area (Å²) >= 11 is -3.34. The van der Waals surface area contributed by atoms with Crippen LogP contribution in [0.3, 0.4) is 0 Å². The van der Waals surface area contributed by atoms with Gasteiger partial charge in [0.05, 0.1) is 0 Å². The fraction of sp³-hybridized carbons (Fsp3) is 0.846. The molecule has 0 radical (unpaired) electrons. The molecule has 0 aromatic rings. The van der Waals surface area contributed by atoms with Gasteiger partial charge in [-0.1, -0.05) is 0 Å². The first kappa shape index (κ1) is 19.7. The number of carbonyl (C=O) groups is 2. The van der Waals surface area contributed by atoms with Gasteiger partial charge in [-0.2, -0.15) is 0 Å². The van der Waals surface area contributed by atoms with E-state index in [9.17, 15) is 9.59 Å². The molecule has 2 atom stereocenters. The van der Waals surface area contributed by atoms with Crippen molar-refractivity contribution in [2.45, 2.75) is 45.0 Å². The molecule has 0 aliphatic rings. The normalized spacial score (nSPS) is 14.3. The van der Waals surface area contributed by atoms with Gasteiger partial charge in [0.15, 0.2) is 0 Å². The van der Waals surface area contributed by atoms with E-state index >= 15 is 0 Å². The number of carbonyl (C=O) groups excluding carboxylic acids is 2. The topological polar surface area (TPSA) is 52.6 Å². The molecular weight excluding hydrogens is 638 g/mol. The third-order valence-electron chi connectivity index (χ3n) is 3.15. The number of methoxy groups -OCH3 is 2. The molecule has 0 bridgehead atoms. The molecular formula is C13H26Bi2O4. The fourth-order valence-electron chi connectivity index (χ4n) is 1.95. The average molecular weight is 664 g/mol. The van der Waals surface area contributed by atoms with E-state index in [0.29, 0.717) is 0 Å². The van der Waals surface area contributed by atoms with Gasteiger partial charge in [-0.3, -0.25) is 0 Å². The van der Waals surface area contributed by atoms with Crippen molar-refractivity contribution >= 4 is 55.4 Å². The van der Waals surface area contributed by atoms with Crippen LogP contribution in [0.15, 0.2) is 0 Å². The zero-order valence-corrected chi connectivity index (χ0v) is 19.8. The molecule has 0 amide bonds. The van der Waals surface area contributed by atoms with Gasteiger partial charge in [-0.15, -0.1) is 0 Å². The van der Waals surface area contributed by atoms with Crippen LogP contribution in [-0.2, 0) is 19.1 Å². The number of hydrogen-bond donors (Lipinski definition) is 0. The second kappa shape index (κ2) is 10.4. The van der Waals surface area contributed by atoms with E-state index in [1.165, 1.54) is 14.2 Å². The van der Waals surface area contributed by atoms with Gasteiger partial charge in [0.1, 0.15) is 0 Å². The van der Waals surface area contributed by atoms with Crippen molar-refractivity contribution in [2.24, 2.45) is 0 Å². The first-order chi connectivity index (χ1) is 8.84.